The average Bonchev–Trinajstić information content (AvgIpc) is 2.75. The fourth-order valence-electron chi connectivity index (χ4n) is 3.15. The fraction of sp³-hybridized carbons (Fsp3) is 0.211. The first kappa shape index (κ1) is 20.7. The standard InChI is InChI=1S/C19H17BrN4O5S/c20-12-1-4-17(21-11-12)23-19(26)15-10-18(25)22-16-3-2-13(9-14(15)16)30(27,28)24-5-7-29-8-6-24/h1-4,9-11H,5-8H2,(H,22,25)(H,21,23,26). The molecule has 30 heavy (non-hydrogen) atoms. The maximum absolute atomic E-state index is 13.0. The van der Waals surface area contributed by atoms with Crippen LogP contribution in [0.2, 0.25) is 0 Å². The third kappa shape index (κ3) is 4.15. The SMILES string of the molecule is O=C(Nc1ccc(Br)cn1)c1cc(=O)[nH]c2ccc(S(=O)(=O)N3CCOCC3)cc12. The van der Waals surface area contributed by atoms with E-state index in [9.17, 15) is 18.0 Å². The van der Waals surface area contributed by atoms with E-state index < -0.39 is 21.5 Å². The van der Waals surface area contributed by atoms with E-state index in [0.29, 0.717) is 29.9 Å². The molecule has 1 aromatic carbocycles. The number of ether oxygens (including phenoxy) is 1. The zero-order valence-corrected chi connectivity index (χ0v) is 18.0. The lowest BCUT2D eigenvalue weighted by molar-refractivity contribution is 0.0730. The summed E-state index contributed by atoms with van der Waals surface area (Å²) in [5, 5.41) is 2.94. The molecule has 0 aliphatic carbocycles. The highest BCUT2D eigenvalue weighted by molar-refractivity contribution is 9.10. The van der Waals surface area contributed by atoms with Crippen molar-refractivity contribution in [3.8, 4) is 0 Å². The Hall–Kier alpha value is -2.60. The maximum Gasteiger partial charge on any atom is 0.257 e. The second kappa shape index (κ2) is 8.26. The van der Waals surface area contributed by atoms with Crippen LogP contribution in [0.15, 0.2) is 56.8 Å². The van der Waals surface area contributed by atoms with Gasteiger partial charge in [0.1, 0.15) is 5.82 Å². The largest absolute Gasteiger partial charge is 0.379 e. The van der Waals surface area contributed by atoms with E-state index in [2.05, 4.69) is 31.2 Å². The van der Waals surface area contributed by atoms with Crippen LogP contribution in [-0.2, 0) is 14.8 Å². The summed E-state index contributed by atoms with van der Waals surface area (Å²) in [6, 6.07) is 8.76. The van der Waals surface area contributed by atoms with Crippen molar-refractivity contribution >= 4 is 48.6 Å². The highest BCUT2D eigenvalue weighted by atomic mass is 79.9. The summed E-state index contributed by atoms with van der Waals surface area (Å²) in [7, 11) is -3.76. The van der Waals surface area contributed by atoms with Crippen LogP contribution in [0.4, 0.5) is 5.82 Å². The molecule has 0 atom stereocenters. The predicted molar refractivity (Wildman–Crippen MR) is 114 cm³/mol. The number of amides is 1. The van der Waals surface area contributed by atoms with Crippen molar-refractivity contribution in [1.29, 1.82) is 0 Å². The first-order valence-electron chi connectivity index (χ1n) is 9.02. The Morgan fingerprint density at radius 3 is 2.63 bits per heavy atom. The van der Waals surface area contributed by atoms with Gasteiger partial charge in [0.05, 0.1) is 23.7 Å². The zero-order valence-electron chi connectivity index (χ0n) is 15.6. The number of nitrogens with zero attached hydrogens (tertiary/aromatic N) is 2. The summed E-state index contributed by atoms with van der Waals surface area (Å²) >= 11 is 3.27. The number of morpholine rings is 1. The lowest BCUT2D eigenvalue weighted by Crippen LogP contribution is -2.40. The van der Waals surface area contributed by atoms with Crippen molar-refractivity contribution in [2.24, 2.45) is 0 Å². The van der Waals surface area contributed by atoms with Gasteiger partial charge in [-0.3, -0.25) is 9.59 Å². The minimum atomic E-state index is -3.76. The first-order valence-corrected chi connectivity index (χ1v) is 11.3. The summed E-state index contributed by atoms with van der Waals surface area (Å²) in [4.78, 5) is 31.6. The molecule has 0 bridgehead atoms. The Bertz CT molecular complexity index is 1270. The van der Waals surface area contributed by atoms with Crippen molar-refractivity contribution in [3.05, 3.63) is 63.0 Å². The monoisotopic (exact) mass is 492 g/mol. The predicted octanol–water partition coefficient (Wildman–Crippen LogP) is 1.96. The number of anilines is 1. The molecule has 1 aliphatic heterocycles. The molecule has 3 aromatic rings. The fourth-order valence-corrected chi connectivity index (χ4v) is 4.82. The molecule has 156 valence electrons. The molecule has 9 nitrogen and oxygen atoms in total. The molecule has 0 unspecified atom stereocenters. The van der Waals surface area contributed by atoms with Gasteiger partial charge in [-0.25, -0.2) is 13.4 Å². The number of H-pyrrole nitrogens is 1. The minimum absolute atomic E-state index is 0.0414. The van der Waals surface area contributed by atoms with Crippen LogP contribution in [0, 0.1) is 0 Å². The molecule has 1 amide bonds. The third-order valence-electron chi connectivity index (χ3n) is 4.64. The molecule has 2 aromatic heterocycles. The summed E-state index contributed by atoms with van der Waals surface area (Å²) in [6.07, 6.45) is 1.53. The molecule has 1 saturated heterocycles. The van der Waals surface area contributed by atoms with Crippen molar-refractivity contribution in [1.82, 2.24) is 14.3 Å². The van der Waals surface area contributed by atoms with E-state index in [4.69, 9.17) is 4.74 Å². The van der Waals surface area contributed by atoms with Crippen LogP contribution in [0.3, 0.4) is 0 Å². The molecule has 11 heteroatoms. The third-order valence-corrected chi connectivity index (χ3v) is 7.00. The number of aromatic amines is 1. The summed E-state index contributed by atoms with van der Waals surface area (Å²) < 4.78 is 33.3. The number of sulfonamides is 1. The summed E-state index contributed by atoms with van der Waals surface area (Å²) in [5.41, 5.74) is -0.0601. The minimum Gasteiger partial charge on any atom is -0.379 e. The van der Waals surface area contributed by atoms with Gasteiger partial charge in [0.25, 0.3) is 5.91 Å². The molecule has 0 spiro atoms. The van der Waals surface area contributed by atoms with E-state index in [-0.39, 0.29) is 23.5 Å². The Balaban J connectivity index is 1.75. The highest BCUT2D eigenvalue weighted by Gasteiger charge is 2.27. The van der Waals surface area contributed by atoms with Crippen molar-refractivity contribution in [2.45, 2.75) is 4.90 Å². The Kier molecular flexibility index (Phi) is 5.69. The number of rotatable bonds is 4. The summed E-state index contributed by atoms with van der Waals surface area (Å²) in [5.74, 6) is -0.268. The zero-order chi connectivity index (χ0) is 21.3. The van der Waals surface area contributed by atoms with E-state index in [0.717, 1.165) is 10.5 Å². The molecular weight excluding hydrogens is 476 g/mol. The number of carbonyl (C=O) groups excluding carboxylic acids is 1. The van der Waals surface area contributed by atoms with Gasteiger partial charge >= 0.3 is 0 Å². The van der Waals surface area contributed by atoms with Crippen molar-refractivity contribution in [3.63, 3.8) is 0 Å². The topological polar surface area (TPSA) is 121 Å². The quantitative estimate of drug-likeness (QED) is 0.573. The summed E-state index contributed by atoms with van der Waals surface area (Å²) in [6.45, 7) is 1.17. The second-order valence-electron chi connectivity index (χ2n) is 6.59. The first-order chi connectivity index (χ1) is 14.3. The van der Waals surface area contributed by atoms with E-state index in [1.807, 2.05) is 0 Å². The van der Waals surface area contributed by atoms with Gasteiger partial charge in [-0.1, -0.05) is 0 Å². The number of benzene rings is 1. The number of hydrogen-bond donors (Lipinski definition) is 2. The average molecular weight is 493 g/mol. The van der Waals surface area contributed by atoms with Crippen LogP contribution in [0.25, 0.3) is 10.9 Å². The normalized spacial score (nSPS) is 15.2. The number of pyridine rings is 2. The van der Waals surface area contributed by atoms with Crippen LogP contribution >= 0.6 is 15.9 Å². The van der Waals surface area contributed by atoms with Gasteiger partial charge in [0.15, 0.2) is 0 Å². The number of hydrogen-bond acceptors (Lipinski definition) is 6. The number of halogens is 1. The van der Waals surface area contributed by atoms with E-state index in [1.165, 1.54) is 28.7 Å². The van der Waals surface area contributed by atoms with E-state index in [1.54, 1.807) is 12.1 Å². The van der Waals surface area contributed by atoms with Gasteiger partial charge in [-0.05, 0) is 46.3 Å². The molecule has 1 aliphatic rings. The Morgan fingerprint density at radius 1 is 1.17 bits per heavy atom. The Labute approximate surface area is 180 Å². The van der Waals surface area contributed by atoms with Crippen LogP contribution in [0.5, 0.6) is 0 Å². The molecule has 3 heterocycles. The van der Waals surface area contributed by atoms with Gasteiger partial charge in [-0.15, -0.1) is 0 Å². The smallest absolute Gasteiger partial charge is 0.257 e. The molecule has 0 saturated carbocycles. The lowest BCUT2D eigenvalue weighted by atomic mass is 10.1. The molecule has 4 rings (SSSR count). The molecule has 0 radical (unpaired) electrons. The molecule has 1 fully saturated rings. The Morgan fingerprint density at radius 2 is 1.93 bits per heavy atom. The van der Waals surface area contributed by atoms with Crippen molar-refractivity contribution in [2.75, 3.05) is 31.6 Å². The molecule has 2 N–H and O–H groups in total. The van der Waals surface area contributed by atoms with E-state index >= 15 is 0 Å². The van der Waals surface area contributed by atoms with Gasteiger partial charge in [-0.2, -0.15) is 4.31 Å². The molecular formula is C19H17BrN4O5S. The van der Waals surface area contributed by atoms with Crippen LogP contribution in [-0.4, -0.2) is 54.9 Å². The lowest BCUT2D eigenvalue weighted by Gasteiger charge is -2.26. The van der Waals surface area contributed by atoms with Crippen molar-refractivity contribution < 1.29 is 17.9 Å². The maximum atomic E-state index is 13.0. The number of carbonyl (C=O) groups is 1. The highest BCUT2D eigenvalue weighted by Crippen LogP contribution is 2.24. The van der Waals surface area contributed by atoms with Gasteiger partial charge < -0.3 is 15.0 Å². The second-order valence-corrected chi connectivity index (χ2v) is 9.44. The van der Waals surface area contributed by atoms with Gasteiger partial charge in [0, 0.05) is 40.7 Å². The van der Waals surface area contributed by atoms with Crippen LogP contribution < -0.4 is 10.9 Å². The number of aromatic nitrogens is 2. The van der Waals surface area contributed by atoms with Gasteiger partial charge in [0.2, 0.25) is 15.6 Å². The number of fused-ring (bicyclic) bond motifs is 1. The number of nitrogens with one attached hydrogen (secondary N) is 2. The van der Waals surface area contributed by atoms with Crippen LogP contribution in [0.1, 0.15) is 10.4 Å².